The highest BCUT2D eigenvalue weighted by Crippen LogP contribution is 2.42. The van der Waals surface area contributed by atoms with Gasteiger partial charge in [0.2, 0.25) is 0 Å². The summed E-state index contributed by atoms with van der Waals surface area (Å²) < 4.78 is 11.4. The molecule has 55 heavy (non-hydrogen) atoms. The zero-order chi connectivity index (χ0) is 38.4. The van der Waals surface area contributed by atoms with Gasteiger partial charge in [-0.15, -0.1) is 23.1 Å². The number of alkyl halides is 1. The number of anilines is 1. The van der Waals surface area contributed by atoms with Gasteiger partial charge in [0.25, 0.3) is 11.8 Å². The fourth-order valence-corrected chi connectivity index (χ4v) is 9.69. The van der Waals surface area contributed by atoms with Gasteiger partial charge in [0.05, 0.1) is 7.11 Å². The Morgan fingerprint density at radius 1 is 0.909 bits per heavy atom. The number of hydrogen-bond donors (Lipinski definition) is 2. The lowest BCUT2D eigenvalue weighted by Gasteiger charge is -2.49. The summed E-state index contributed by atoms with van der Waals surface area (Å²) in [4.78, 5) is 52.4. The Bertz CT molecular complexity index is 2120. The first kappa shape index (κ1) is 38.1. The molecule has 2 atom stereocenters. The number of aromatic nitrogens is 1. The number of carbonyl (C=O) groups excluding carboxylic acids is 3. The highest BCUT2D eigenvalue weighted by Gasteiger charge is 2.54. The Kier molecular flexibility index (Phi) is 11.8. The molecule has 0 spiro atoms. The van der Waals surface area contributed by atoms with Gasteiger partial charge < -0.3 is 24.9 Å². The number of methoxy groups -OCH3 is 1. The smallest absolute Gasteiger partial charge is 0.355 e. The Morgan fingerprint density at radius 3 is 2.05 bits per heavy atom. The Morgan fingerprint density at radius 2 is 1.51 bits per heavy atom. The molecule has 3 heterocycles. The van der Waals surface area contributed by atoms with Gasteiger partial charge >= 0.3 is 5.97 Å². The van der Waals surface area contributed by atoms with Crippen LogP contribution in [-0.2, 0) is 36.1 Å². The van der Waals surface area contributed by atoms with E-state index in [1.54, 1.807) is 24.6 Å². The first-order valence-electron chi connectivity index (χ1n) is 17.2. The maximum Gasteiger partial charge on any atom is 0.355 e. The number of fused-ring (bicyclic) bond motifs is 1. The molecule has 2 aliphatic heterocycles. The molecule has 1 saturated heterocycles. The second-order valence-electron chi connectivity index (χ2n) is 12.5. The molecule has 2 aliphatic rings. The minimum Gasteiger partial charge on any atom is -0.497 e. The van der Waals surface area contributed by atoms with Crippen molar-refractivity contribution in [3.63, 3.8) is 0 Å². The number of amides is 2. The highest BCUT2D eigenvalue weighted by atomic mass is 127. The summed E-state index contributed by atoms with van der Waals surface area (Å²) in [7, 11) is 2.93. The van der Waals surface area contributed by atoms with E-state index in [1.165, 1.54) is 35.1 Å². The summed E-state index contributed by atoms with van der Waals surface area (Å²) in [5, 5.41) is 12.4. The van der Waals surface area contributed by atoms with Crippen LogP contribution in [0.15, 0.2) is 137 Å². The third kappa shape index (κ3) is 7.71. The minimum absolute atomic E-state index is 0.0331. The zero-order valence-electron chi connectivity index (χ0n) is 29.8. The van der Waals surface area contributed by atoms with E-state index in [2.05, 4.69) is 74.8 Å². The molecule has 4 aromatic carbocycles. The molecule has 0 aliphatic carbocycles. The quantitative estimate of drug-likeness (QED) is 0.0237. The van der Waals surface area contributed by atoms with Gasteiger partial charge in [0.15, 0.2) is 10.8 Å². The first-order chi connectivity index (χ1) is 26.9. The van der Waals surface area contributed by atoms with Gasteiger partial charge in [-0.05, 0) is 40.0 Å². The number of hydrogen-bond acceptors (Lipinski definition) is 11. The van der Waals surface area contributed by atoms with Crippen molar-refractivity contribution in [1.29, 1.82) is 0 Å². The van der Waals surface area contributed by atoms with Gasteiger partial charge in [-0.1, -0.05) is 131 Å². The van der Waals surface area contributed by atoms with Crippen molar-refractivity contribution in [2.24, 2.45) is 5.16 Å². The average Bonchev–Trinajstić information content (AvgIpc) is 3.71. The molecule has 11 nitrogen and oxygen atoms in total. The van der Waals surface area contributed by atoms with Crippen LogP contribution in [0.2, 0.25) is 0 Å². The number of thioether (sulfide) groups is 1. The van der Waals surface area contributed by atoms with Crippen molar-refractivity contribution in [3.05, 3.63) is 160 Å². The van der Waals surface area contributed by atoms with Crippen LogP contribution in [0.4, 0.5) is 5.13 Å². The molecule has 2 amide bonds. The van der Waals surface area contributed by atoms with Crippen LogP contribution in [-0.4, -0.2) is 69.2 Å². The lowest BCUT2D eigenvalue weighted by atomic mass is 9.77. The number of halogens is 1. The summed E-state index contributed by atoms with van der Waals surface area (Å²) >= 11 is 4.97. The van der Waals surface area contributed by atoms with E-state index in [0.717, 1.165) is 27.8 Å². The number of nitrogens with zero attached hydrogens (tertiary/aromatic N) is 3. The number of nitrogens with one attached hydrogen (secondary N) is 2. The number of rotatable bonds is 14. The Balaban J connectivity index is 1.10. The van der Waals surface area contributed by atoms with Crippen LogP contribution < -0.4 is 15.4 Å². The third-order valence-corrected chi connectivity index (χ3v) is 12.3. The van der Waals surface area contributed by atoms with Crippen LogP contribution in [0.25, 0.3) is 0 Å². The predicted molar refractivity (Wildman–Crippen MR) is 222 cm³/mol. The molecule has 2 N–H and O–H groups in total. The fourth-order valence-electron chi connectivity index (χ4n) is 6.60. The summed E-state index contributed by atoms with van der Waals surface area (Å²) in [6.07, 6.45) is 0. The molecular weight excluding hydrogens is 850 g/mol. The second-order valence-corrected chi connectivity index (χ2v) is 15.2. The van der Waals surface area contributed by atoms with E-state index in [0.29, 0.717) is 21.1 Å². The van der Waals surface area contributed by atoms with Crippen molar-refractivity contribution in [2.45, 2.75) is 23.6 Å². The van der Waals surface area contributed by atoms with Crippen molar-refractivity contribution in [2.75, 3.05) is 29.7 Å². The minimum atomic E-state index is -0.905. The normalized spacial score (nSPS) is 16.8. The SMILES string of the molecule is CO/N=C(\C(=O)NC1C(=O)N2C(C(=O)OCc3ccc(OC)cc3)=C(CI)CS[C@H]12)c1csc(NC(c2ccccc2)(c2ccccc2)c2ccccc2)n1. The van der Waals surface area contributed by atoms with Gasteiger partial charge in [0, 0.05) is 15.6 Å². The Labute approximate surface area is 340 Å². The third-order valence-electron chi connectivity index (χ3n) is 9.28. The van der Waals surface area contributed by atoms with E-state index < -0.39 is 34.7 Å². The van der Waals surface area contributed by atoms with E-state index in [9.17, 15) is 14.4 Å². The van der Waals surface area contributed by atoms with Gasteiger partial charge in [-0.3, -0.25) is 14.5 Å². The lowest BCUT2D eigenvalue weighted by molar-refractivity contribution is -0.153. The lowest BCUT2D eigenvalue weighted by Crippen LogP contribution is -2.71. The maximum atomic E-state index is 13.9. The molecule has 0 radical (unpaired) electrons. The summed E-state index contributed by atoms with van der Waals surface area (Å²) in [6.45, 7) is 0.0331. The molecule has 1 aromatic heterocycles. The molecule has 280 valence electrons. The van der Waals surface area contributed by atoms with Crippen molar-refractivity contribution >= 4 is 74.3 Å². The van der Waals surface area contributed by atoms with E-state index in [-0.39, 0.29) is 23.7 Å². The molecule has 1 unspecified atom stereocenters. The summed E-state index contributed by atoms with van der Waals surface area (Å²) in [5.41, 5.74) is 4.12. The van der Waals surface area contributed by atoms with Gasteiger partial charge in [0.1, 0.15) is 47.8 Å². The van der Waals surface area contributed by atoms with Crippen LogP contribution in [0.3, 0.4) is 0 Å². The predicted octanol–water partition coefficient (Wildman–Crippen LogP) is 6.74. The van der Waals surface area contributed by atoms with Crippen LogP contribution >= 0.6 is 45.7 Å². The monoisotopic (exact) mass is 885 g/mol. The number of β-lactam (4-membered cyclic amide) rings is 1. The maximum absolute atomic E-state index is 13.9. The number of ether oxygens (including phenoxy) is 2. The van der Waals surface area contributed by atoms with E-state index in [1.807, 2.05) is 66.7 Å². The molecule has 0 bridgehead atoms. The number of benzene rings is 4. The fraction of sp³-hybridized carbons (Fsp3) is 0.195. The highest BCUT2D eigenvalue weighted by molar-refractivity contribution is 14.1. The molecule has 7 rings (SSSR count). The molecule has 14 heteroatoms. The van der Waals surface area contributed by atoms with Crippen LogP contribution in [0, 0.1) is 0 Å². The molecule has 1 fully saturated rings. The Hall–Kier alpha value is -5.19. The van der Waals surface area contributed by atoms with Crippen molar-refractivity contribution < 1.29 is 28.7 Å². The number of oxime groups is 1. The number of esters is 1. The molecular formula is C41H36IN5O6S2. The second kappa shape index (κ2) is 17.1. The molecule has 0 saturated carbocycles. The molecule has 5 aromatic rings. The van der Waals surface area contributed by atoms with Gasteiger partial charge in [-0.25, -0.2) is 9.78 Å². The summed E-state index contributed by atoms with van der Waals surface area (Å²) in [6, 6.07) is 36.6. The topological polar surface area (TPSA) is 131 Å². The first-order valence-corrected chi connectivity index (χ1v) is 20.7. The zero-order valence-corrected chi connectivity index (χ0v) is 33.6. The largest absolute Gasteiger partial charge is 0.497 e. The van der Waals surface area contributed by atoms with Crippen LogP contribution in [0.1, 0.15) is 27.9 Å². The van der Waals surface area contributed by atoms with Gasteiger partial charge in [-0.2, -0.15) is 0 Å². The van der Waals surface area contributed by atoms with E-state index >= 15 is 0 Å². The summed E-state index contributed by atoms with van der Waals surface area (Å²) in [5.74, 6) is -0.445. The average molecular weight is 886 g/mol. The van der Waals surface area contributed by atoms with Crippen LogP contribution in [0.5, 0.6) is 5.75 Å². The number of thiazole rings is 1. The standard InChI is InChI=1S/C41H36IN5O6S2/c1-51-31-20-18-26(19-21-31)23-53-39(50)35-27(22-42)24-54-38-34(37(49)47(35)38)44-36(48)33(46-52-2)32-25-55-40(43-32)45-41(28-12-6-3-7-13-28,29-14-8-4-9-15-29)30-16-10-5-11-17-30/h3-21,25,34,38H,22-24H2,1-2H3,(H,43,45)(H,44,48)/b46-33-/t34?,38-/m1/s1. The van der Waals surface area contributed by atoms with Crippen molar-refractivity contribution in [3.8, 4) is 5.75 Å². The number of carbonyl (C=O) groups is 3. The van der Waals surface area contributed by atoms with E-state index in [4.69, 9.17) is 19.3 Å². The van der Waals surface area contributed by atoms with Crippen molar-refractivity contribution in [1.82, 2.24) is 15.2 Å².